The van der Waals surface area contributed by atoms with Crippen molar-refractivity contribution in [2.75, 3.05) is 11.9 Å². The summed E-state index contributed by atoms with van der Waals surface area (Å²) in [6.45, 7) is -0.394. The van der Waals surface area contributed by atoms with E-state index in [0.29, 0.717) is 5.69 Å². The number of hydrogen-bond acceptors (Lipinski definition) is 6. The minimum Gasteiger partial charge on any atom is -0.478 e. The summed E-state index contributed by atoms with van der Waals surface area (Å²) in [5.41, 5.74) is 0.687. The quantitative estimate of drug-likeness (QED) is 0.487. The number of aliphatic hydroxyl groups is 3. The first-order valence-corrected chi connectivity index (χ1v) is 5.75. The van der Waals surface area contributed by atoms with Crippen LogP contribution in [0.25, 0.3) is 0 Å². The molecule has 19 heavy (non-hydrogen) atoms. The standard InChI is InChI=1S/C12H15NO6/c14-5-8-9(15)10(16)11(19-8)13-7-3-1-6(2-4-7)12(17)18/h1-4,8-11,13-16H,5H2,(H,17,18)/t8-,9-,10+,11+/m1/s1. The number of ether oxygens (including phenoxy) is 1. The zero-order valence-electron chi connectivity index (χ0n) is 9.93. The maximum absolute atomic E-state index is 10.7. The molecular weight excluding hydrogens is 254 g/mol. The largest absolute Gasteiger partial charge is 0.478 e. The van der Waals surface area contributed by atoms with Gasteiger partial charge < -0.3 is 30.5 Å². The third-order valence-corrected chi connectivity index (χ3v) is 2.98. The lowest BCUT2D eigenvalue weighted by atomic mass is 10.1. The number of aromatic carboxylic acids is 1. The van der Waals surface area contributed by atoms with Crippen molar-refractivity contribution >= 4 is 11.7 Å². The minimum absolute atomic E-state index is 0.145. The van der Waals surface area contributed by atoms with Crippen LogP contribution < -0.4 is 5.32 Å². The Bertz CT molecular complexity index is 448. The number of nitrogens with one attached hydrogen (secondary N) is 1. The van der Waals surface area contributed by atoms with E-state index in [9.17, 15) is 15.0 Å². The lowest BCUT2D eigenvalue weighted by molar-refractivity contribution is -0.0153. The third-order valence-electron chi connectivity index (χ3n) is 2.98. The van der Waals surface area contributed by atoms with Gasteiger partial charge in [-0.25, -0.2) is 4.79 Å². The van der Waals surface area contributed by atoms with Gasteiger partial charge in [-0.2, -0.15) is 0 Å². The molecule has 0 saturated carbocycles. The van der Waals surface area contributed by atoms with E-state index in [1.54, 1.807) is 0 Å². The van der Waals surface area contributed by atoms with Crippen molar-refractivity contribution in [3.05, 3.63) is 29.8 Å². The Morgan fingerprint density at radius 2 is 1.84 bits per heavy atom. The second-order valence-corrected chi connectivity index (χ2v) is 4.29. The number of hydrogen-bond donors (Lipinski definition) is 5. The second-order valence-electron chi connectivity index (χ2n) is 4.29. The van der Waals surface area contributed by atoms with E-state index in [1.807, 2.05) is 0 Å². The van der Waals surface area contributed by atoms with Gasteiger partial charge in [0.05, 0.1) is 12.2 Å². The van der Waals surface area contributed by atoms with Crippen LogP contribution in [0.3, 0.4) is 0 Å². The van der Waals surface area contributed by atoms with E-state index >= 15 is 0 Å². The number of rotatable bonds is 4. The Labute approximate surface area is 109 Å². The van der Waals surface area contributed by atoms with Crippen LogP contribution in [-0.2, 0) is 4.74 Å². The number of carboxylic acids is 1. The molecule has 0 aromatic heterocycles. The molecule has 0 spiro atoms. The van der Waals surface area contributed by atoms with Crippen LogP contribution >= 0.6 is 0 Å². The lowest BCUT2D eigenvalue weighted by Gasteiger charge is -2.17. The highest BCUT2D eigenvalue weighted by molar-refractivity contribution is 5.87. The van der Waals surface area contributed by atoms with Gasteiger partial charge in [0.25, 0.3) is 0 Å². The first-order valence-electron chi connectivity index (χ1n) is 5.75. The highest BCUT2D eigenvalue weighted by Gasteiger charge is 2.42. The lowest BCUT2D eigenvalue weighted by Crippen LogP contribution is -2.36. The Hall–Kier alpha value is -1.67. The van der Waals surface area contributed by atoms with Gasteiger partial charge in [-0.1, -0.05) is 0 Å². The molecule has 5 N–H and O–H groups in total. The predicted octanol–water partition coefficient (Wildman–Crippen LogP) is -0.764. The normalized spacial score (nSPS) is 30.3. The zero-order valence-corrected chi connectivity index (χ0v) is 9.93. The van der Waals surface area contributed by atoms with Crippen LogP contribution in [0.2, 0.25) is 0 Å². The summed E-state index contributed by atoms with van der Waals surface area (Å²) in [7, 11) is 0. The fourth-order valence-electron chi connectivity index (χ4n) is 1.89. The smallest absolute Gasteiger partial charge is 0.335 e. The molecule has 4 atom stereocenters. The Balaban J connectivity index is 2.03. The summed E-state index contributed by atoms with van der Waals surface area (Å²) >= 11 is 0. The van der Waals surface area contributed by atoms with Crippen LogP contribution in [0.15, 0.2) is 24.3 Å². The molecular formula is C12H15NO6. The zero-order chi connectivity index (χ0) is 14.0. The van der Waals surface area contributed by atoms with Gasteiger partial charge in [0.1, 0.15) is 18.3 Å². The average Bonchev–Trinajstić information content (AvgIpc) is 2.67. The van der Waals surface area contributed by atoms with Gasteiger partial charge in [0, 0.05) is 5.69 Å². The molecule has 1 aliphatic rings. The Morgan fingerprint density at radius 3 is 2.32 bits per heavy atom. The van der Waals surface area contributed by atoms with E-state index in [2.05, 4.69) is 5.32 Å². The van der Waals surface area contributed by atoms with Crippen LogP contribution in [0.4, 0.5) is 5.69 Å². The van der Waals surface area contributed by atoms with Gasteiger partial charge in [0.2, 0.25) is 0 Å². The van der Waals surface area contributed by atoms with E-state index < -0.39 is 37.1 Å². The van der Waals surface area contributed by atoms with Crippen LogP contribution in [0.5, 0.6) is 0 Å². The molecule has 2 rings (SSSR count). The maximum atomic E-state index is 10.7. The second kappa shape index (κ2) is 5.54. The fourth-order valence-corrected chi connectivity index (χ4v) is 1.89. The third kappa shape index (κ3) is 2.85. The van der Waals surface area contributed by atoms with Crippen LogP contribution in [0, 0.1) is 0 Å². The Morgan fingerprint density at radius 1 is 1.21 bits per heavy atom. The van der Waals surface area contributed by atoms with Crippen molar-refractivity contribution in [2.45, 2.75) is 24.5 Å². The number of aliphatic hydroxyl groups excluding tert-OH is 3. The molecule has 1 saturated heterocycles. The fraction of sp³-hybridized carbons (Fsp3) is 0.417. The van der Waals surface area contributed by atoms with Crippen molar-refractivity contribution in [1.82, 2.24) is 0 Å². The molecule has 1 fully saturated rings. The summed E-state index contributed by atoms with van der Waals surface area (Å²) in [6, 6.07) is 5.87. The SMILES string of the molecule is O=C(O)c1ccc(N[C@H]2O[C@H](CO)[C@@H](O)[C@@H]2O)cc1. The Kier molecular flexibility index (Phi) is 4.01. The van der Waals surface area contributed by atoms with E-state index in [-0.39, 0.29) is 5.56 Å². The average molecular weight is 269 g/mol. The number of carboxylic acid groups (broad SMARTS) is 1. The van der Waals surface area contributed by atoms with Gasteiger partial charge >= 0.3 is 5.97 Å². The van der Waals surface area contributed by atoms with E-state index in [4.69, 9.17) is 14.9 Å². The number of carbonyl (C=O) groups is 1. The first-order chi connectivity index (χ1) is 9.02. The molecule has 0 unspecified atom stereocenters. The van der Waals surface area contributed by atoms with Gasteiger partial charge in [0.15, 0.2) is 6.23 Å². The van der Waals surface area contributed by atoms with Crippen LogP contribution in [-0.4, -0.2) is 57.5 Å². The summed E-state index contributed by atoms with van der Waals surface area (Å²) < 4.78 is 5.24. The van der Waals surface area contributed by atoms with Crippen molar-refractivity contribution in [3.8, 4) is 0 Å². The molecule has 7 heteroatoms. The number of benzene rings is 1. The highest BCUT2D eigenvalue weighted by atomic mass is 16.6. The maximum Gasteiger partial charge on any atom is 0.335 e. The van der Waals surface area contributed by atoms with Gasteiger partial charge in [-0.05, 0) is 24.3 Å². The van der Waals surface area contributed by atoms with Crippen molar-refractivity contribution in [3.63, 3.8) is 0 Å². The predicted molar refractivity (Wildman–Crippen MR) is 64.8 cm³/mol. The highest BCUT2D eigenvalue weighted by Crippen LogP contribution is 2.23. The molecule has 0 amide bonds. The molecule has 1 aromatic rings. The summed E-state index contributed by atoms with van der Waals surface area (Å²) in [5.74, 6) is -1.03. The summed E-state index contributed by atoms with van der Waals surface area (Å²) in [6.07, 6.45) is -4.04. The molecule has 1 aliphatic heterocycles. The van der Waals surface area contributed by atoms with Crippen molar-refractivity contribution in [2.24, 2.45) is 0 Å². The van der Waals surface area contributed by atoms with E-state index in [1.165, 1.54) is 24.3 Å². The topological polar surface area (TPSA) is 119 Å². The molecule has 0 aliphatic carbocycles. The molecule has 1 aromatic carbocycles. The molecule has 7 nitrogen and oxygen atoms in total. The number of anilines is 1. The summed E-state index contributed by atoms with van der Waals surface area (Å²) in [5, 5.41) is 39.8. The molecule has 0 bridgehead atoms. The first kappa shape index (κ1) is 13.8. The van der Waals surface area contributed by atoms with Gasteiger partial charge in [-0.15, -0.1) is 0 Å². The monoisotopic (exact) mass is 269 g/mol. The summed E-state index contributed by atoms with van der Waals surface area (Å²) in [4.78, 5) is 10.7. The molecule has 0 radical (unpaired) electrons. The van der Waals surface area contributed by atoms with Crippen molar-refractivity contribution < 1.29 is 30.0 Å². The van der Waals surface area contributed by atoms with Crippen molar-refractivity contribution in [1.29, 1.82) is 0 Å². The minimum atomic E-state index is -1.17. The van der Waals surface area contributed by atoms with Gasteiger partial charge in [-0.3, -0.25) is 0 Å². The molecule has 104 valence electrons. The van der Waals surface area contributed by atoms with Crippen LogP contribution in [0.1, 0.15) is 10.4 Å². The van der Waals surface area contributed by atoms with E-state index in [0.717, 1.165) is 0 Å². The molecule has 1 heterocycles.